The van der Waals surface area contributed by atoms with E-state index >= 15 is 0 Å². The summed E-state index contributed by atoms with van der Waals surface area (Å²) < 4.78 is 6.43. The van der Waals surface area contributed by atoms with E-state index in [0.29, 0.717) is 12.3 Å². The fraction of sp³-hybridized carbons (Fsp3) is 0.172. The zero-order valence-corrected chi connectivity index (χ0v) is 21.2. The number of aromatic nitrogens is 1. The molecule has 1 unspecified atom stereocenters. The van der Waals surface area contributed by atoms with E-state index in [0.717, 1.165) is 53.0 Å². The second-order valence-corrected chi connectivity index (χ2v) is 8.36. The van der Waals surface area contributed by atoms with Crippen molar-refractivity contribution in [2.24, 2.45) is 5.92 Å². The Morgan fingerprint density at radius 1 is 0.912 bits per heavy atom. The van der Waals surface area contributed by atoms with Gasteiger partial charge in [0.25, 0.3) is 0 Å². The summed E-state index contributed by atoms with van der Waals surface area (Å²) in [7, 11) is 0. The van der Waals surface area contributed by atoms with E-state index in [4.69, 9.17) is 9.40 Å². The van der Waals surface area contributed by atoms with E-state index < -0.39 is 5.97 Å². The van der Waals surface area contributed by atoms with Crippen LogP contribution in [0.2, 0.25) is 0 Å². The predicted octanol–water partition coefficient (Wildman–Crippen LogP) is 2.80. The molecule has 0 saturated carbocycles. The molecule has 0 aliphatic heterocycles. The number of carboxylic acid groups (broad SMARTS) is 1. The number of nitrogens with zero attached hydrogens (tertiary/aromatic N) is 1. The third-order valence-electron chi connectivity index (χ3n) is 6.22. The molecule has 0 bridgehead atoms. The van der Waals surface area contributed by atoms with Gasteiger partial charge in [-0.1, -0.05) is 91.0 Å². The summed E-state index contributed by atoms with van der Waals surface area (Å²) in [6.07, 6.45) is 5.78. The first-order chi connectivity index (χ1) is 16.2. The molecule has 0 fully saturated rings. The van der Waals surface area contributed by atoms with Gasteiger partial charge in [-0.05, 0) is 37.2 Å². The van der Waals surface area contributed by atoms with Gasteiger partial charge in [-0.25, -0.2) is 4.98 Å². The van der Waals surface area contributed by atoms with Crippen molar-refractivity contribution in [3.63, 3.8) is 0 Å². The SMILES string of the molecule is O=C([O-])c1ccccc1CC1CCCC=C1c1nc(-c2ccccc2)c(-c2ccccc2)o1.[Na+]. The van der Waals surface area contributed by atoms with Crippen molar-refractivity contribution in [1.29, 1.82) is 0 Å². The van der Waals surface area contributed by atoms with Crippen LogP contribution in [0.25, 0.3) is 28.2 Å². The minimum Gasteiger partial charge on any atom is -0.545 e. The number of benzene rings is 3. The minimum atomic E-state index is -1.14. The summed E-state index contributed by atoms with van der Waals surface area (Å²) in [5.41, 5.74) is 4.89. The van der Waals surface area contributed by atoms with Crippen LogP contribution in [0.5, 0.6) is 0 Å². The Morgan fingerprint density at radius 3 is 2.26 bits per heavy atom. The molecule has 5 rings (SSSR count). The quantitative estimate of drug-likeness (QED) is 0.418. The maximum absolute atomic E-state index is 11.6. The molecular formula is C29H24NNaO3. The molecule has 4 aromatic rings. The zero-order chi connectivity index (χ0) is 22.6. The van der Waals surface area contributed by atoms with Crippen LogP contribution in [-0.2, 0) is 6.42 Å². The molecular weight excluding hydrogens is 433 g/mol. The number of carbonyl (C=O) groups excluding carboxylic acids is 1. The predicted molar refractivity (Wildman–Crippen MR) is 127 cm³/mol. The van der Waals surface area contributed by atoms with Crippen molar-refractivity contribution in [1.82, 2.24) is 4.98 Å². The van der Waals surface area contributed by atoms with Crippen LogP contribution < -0.4 is 34.7 Å². The Hall–Kier alpha value is -2.92. The normalized spacial score (nSPS) is 15.3. The van der Waals surface area contributed by atoms with Gasteiger partial charge >= 0.3 is 29.6 Å². The molecule has 1 aromatic heterocycles. The van der Waals surface area contributed by atoms with Gasteiger partial charge in [0, 0.05) is 22.3 Å². The summed E-state index contributed by atoms with van der Waals surface area (Å²) in [4.78, 5) is 16.6. The monoisotopic (exact) mass is 457 g/mol. The molecule has 4 nitrogen and oxygen atoms in total. The van der Waals surface area contributed by atoms with Crippen LogP contribution in [-0.4, -0.2) is 11.0 Å². The van der Waals surface area contributed by atoms with Crippen molar-refractivity contribution < 1.29 is 43.9 Å². The number of allylic oxidation sites excluding steroid dienone is 2. The first-order valence-electron chi connectivity index (χ1n) is 11.3. The Balaban J connectivity index is 0.00000274. The first-order valence-corrected chi connectivity index (χ1v) is 11.3. The van der Waals surface area contributed by atoms with Crippen molar-refractivity contribution in [2.45, 2.75) is 25.7 Å². The number of rotatable bonds is 6. The molecule has 1 aliphatic rings. The summed E-state index contributed by atoms with van der Waals surface area (Å²) >= 11 is 0. The van der Waals surface area contributed by atoms with E-state index in [9.17, 15) is 9.90 Å². The Labute approximate surface area is 221 Å². The average molecular weight is 458 g/mol. The smallest absolute Gasteiger partial charge is 0.545 e. The van der Waals surface area contributed by atoms with Gasteiger partial charge in [-0.15, -0.1) is 0 Å². The standard InChI is InChI=1S/C29H25NO3.Na/c31-29(32)25-18-10-8-16-23(25)19-22-15-7-9-17-24(22)28-30-26(20-11-3-1-4-12-20)27(33-28)21-13-5-2-6-14-21;/h1-6,8,10-14,16-18,22H,7,9,15,19H2,(H,31,32);/q;+1/p-1. The second-order valence-electron chi connectivity index (χ2n) is 8.36. The summed E-state index contributed by atoms with van der Waals surface area (Å²) in [5.74, 6) is 0.353. The maximum Gasteiger partial charge on any atom is 1.00 e. The molecule has 5 heteroatoms. The molecule has 1 atom stereocenters. The minimum absolute atomic E-state index is 0. The average Bonchev–Trinajstić information content (AvgIpc) is 3.31. The van der Waals surface area contributed by atoms with Crippen LogP contribution in [0.3, 0.4) is 0 Å². The van der Waals surface area contributed by atoms with Crippen molar-refractivity contribution in [3.05, 3.63) is 108 Å². The van der Waals surface area contributed by atoms with E-state index in [1.807, 2.05) is 72.8 Å². The van der Waals surface area contributed by atoms with Crippen LogP contribution in [0.4, 0.5) is 0 Å². The van der Waals surface area contributed by atoms with Gasteiger partial charge in [0.05, 0.1) is 5.97 Å². The molecule has 3 aromatic carbocycles. The molecule has 1 aliphatic carbocycles. The fourth-order valence-corrected chi connectivity index (χ4v) is 4.60. The van der Waals surface area contributed by atoms with Gasteiger partial charge in [-0.3, -0.25) is 0 Å². The van der Waals surface area contributed by atoms with Crippen LogP contribution in [0, 0.1) is 5.92 Å². The summed E-state index contributed by atoms with van der Waals surface area (Å²) in [5, 5.41) is 11.6. The maximum atomic E-state index is 11.6. The topological polar surface area (TPSA) is 66.2 Å². The van der Waals surface area contributed by atoms with Gasteiger partial charge in [-0.2, -0.15) is 0 Å². The van der Waals surface area contributed by atoms with Gasteiger partial charge in [0.1, 0.15) is 5.69 Å². The molecule has 0 N–H and O–H groups in total. The molecule has 0 radical (unpaired) electrons. The Morgan fingerprint density at radius 2 is 1.56 bits per heavy atom. The Kier molecular flexibility index (Phi) is 7.84. The fourth-order valence-electron chi connectivity index (χ4n) is 4.60. The molecule has 1 heterocycles. The van der Waals surface area contributed by atoms with E-state index in [1.165, 1.54) is 0 Å². The number of aromatic carboxylic acids is 1. The number of carboxylic acids is 1. The molecule has 0 spiro atoms. The van der Waals surface area contributed by atoms with Gasteiger partial charge in [0.15, 0.2) is 5.76 Å². The van der Waals surface area contributed by atoms with Crippen molar-refractivity contribution in [3.8, 4) is 22.6 Å². The molecule has 34 heavy (non-hydrogen) atoms. The van der Waals surface area contributed by atoms with Crippen LogP contribution in [0.15, 0.2) is 95.4 Å². The van der Waals surface area contributed by atoms with Crippen molar-refractivity contribution >= 4 is 11.5 Å². The Bertz CT molecular complexity index is 1240. The van der Waals surface area contributed by atoms with Gasteiger partial charge in [0.2, 0.25) is 5.89 Å². The van der Waals surface area contributed by atoms with Crippen molar-refractivity contribution in [2.75, 3.05) is 0 Å². The number of hydrogen-bond acceptors (Lipinski definition) is 4. The van der Waals surface area contributed by atoms with E-state index in [2.05, 4.69) is 6.08 Å². The third-order valence-corrected chi connectivity index (χ3v) is 6.22. The molecule has 164 valence electrons. The zero-order valence-electron chi connectivity index (χ0n) is 19.2. The summed E-state index contributed by atoms with van der Waals surface area (Å²) in [6, 6.07) is 27.2. The van der Waals surface area contributed by atoms with Crippen LogP contribution >= 0.6 is 0 Å². The molecule has 0 amide bonds. The van der Waals surface area contributed by atoms with E-state index in [1.54, 1.807) is 12.1 Å². The number of carbonyl (C=O) groups is 1. The third kappa shape index (κ3) is 5.10. The first kappa shape index (κ1) is 24.2. The largest absolute Gasteiger partial charge is 1.00 e. The number of oxazole rings is 1. The van der Waals surface area contributed by atoms with Crippen LogP contribution in [0.1, 0.15) is 41.1 Å². The summed E-state index contributed by atoms with van der Waals surface area (Å²) in [6.45, 7) is 0. The van der Waals surface area contributed by atoms with E-state index in [-0.39, 0.29) is 41.0 Å². The van der Waals surface area contributed by atoms with Gasteiger partial charge < -0.3 is 14.3 Å². The number of hydrogen-bond donors (Lipinski definition) is 0. The second kappa shape index (κ2) is 11.0. The molecule has 0 saturated heterocycles.